The average Bonchev–Trinajstić information content (AvgIpc) is 2.63. The van der Waals surface area contributed by atoms with Crippen LogP contribution in [0.25, 0.3) is 0 Å². The van der Waals surface area contributed by atoms with Crippen molar-refractivity contribution in [3.05, 3.63) is 11.9 Å². The highest BCUT2D eigenvalue weighted by Crippen LogP contribution is 2.00. The van der Waals surface area contributed by atoms with Crippen molar-refractivity contribution in [3.63, 3.8) is 0 Å². The predicted octanol–water partition coefficient (Wildman–Crippen LogP) is 0.628. The number of hydrogen-bond donors (Lipinski definition) is 1. The molecule has 5 heteroatoms. The smallest absolute Gasteiger partial charge is 0.0853 e. The minimum Gasteiger partial charge on any atom is -0.390 e. The Balaban J connectivity index is 2.38. The molecule has 1 N–H and O–H groups in total. The second-order valence-corrected chi connectivity index (χ2v) is 3.64. The van der Waals surface area contributed by atoms with Crippen LogP contribution >= 0.6 is 0 Å². The van der Waals surface area contributed by atoms with Gasteiger partial charge in [0.25, 0.3) is 0 Å². The number of aliphatic hydroxyl groups excluding tert-OH is 1. The molecule has 0 unspecified atom stereocenters. The molecule has 0 aliphatic heterocycles. The van der Waals surface area contributed by atoms with E-state index in [0.29, 0.717) is 13.0 Å². The number of hydrogen-bond acceptors (Lipinski definition) is 4. The van der Waals surface area contributed by atoms with Crippen LogP contribution in [0.5, 0.6) is 0 Å². The number of rotatable bonds is 7. The first-order valence-electron chi connectivity index (χ1n) is 5.32. The SMILES string of the molecule is CCCCn1cc(C[C@H](O)COC)nn1. The molecule has 0 spiro atoms. The number of aryl methyl sites for hydroxylation is 1. The first-order valence-corrected chi connectivity index (χ1v) is 5.32. The van der Waals surface area contributed by atoms with Gasteiger partial charge in [-0.1, -0.05) is 18.6 Å². The minimum absolute atomic E-state index is 0.335. The topological polar surface area (TPSA) is 60.2 Å². The zero-order valence-corrected chi connectivity index (χ0v) is 9.39. The van der Waals surface area contributed by atoms with Crippen molar-refractivity contribution in [1.82, 2.24) is 15.0 Å². The van der Waals surface area contributed by atoms with Crippen molar-refractivity contribution in [2.24, 2.45) is 0 Å². The van der Waals surface area contributed by atoms with Crippen LogP contribution in [0.1, 0.15) is 25.5 Å². The minimum atomic E-state index is -0.494. The van der Waals surface area contributed by atoms with E-state index in [1.807, 2.05) is 10.9 Å². The van der Waals surface area contributed by atoms with E-state index in [1.165, 1.54) is 0 Å². The lowest BCUT2D eigenvalue weighted by Gasteiger charge is -2.05. The maximum absolute atomic E-state index is 9.49. The zero-order chi connectivity index (χ0) is 11.1. The maximum Gasteiger partial charge on any atom is 0.0853 e. The van der Waals surface area contributed by atoms with Gasteiger partial charge in [0.05, 0.1) is 18.4 Å². The van der Waals surface area contributed by atoms with E-state index in [4.69, 9.17) is 4.74 Å². The lowest BCUT2D eigenvalue weighted by molar-refractivity contribution is 0.0644. The Bertz CT molecular complexity index is 275. The molecule has 0 amide bonds. The van der Waals surface area contributed by atoms with Crippen LogP contribution in [0.15, 0.2) is 6.20 Å². The van der Waals surface area contributed by atoms with Crippen molar-refractivity contribution >= 4 is 0 Å². The normalized spacial score (nSPS) is 13.0. The molecular formula is C10H19N3O2. The number of aliphatic hydroxyl groups is 1. The van der Waals surface area contributed by atoms with Crippen LogP contribution < -0.4 is 0 Å². The van der Waals surface area contributed by atoms with Crippen molar-refractivity contribution in [1.29, 1.82) is 0 Å². The molecule has 0 aromatic carbocycles. The second-order valence-electron chi connectivity index (χ2n) is 3.64. The van der Waals surface area contributed by atoms with Gasteiger partial charge in [-0.2, -0.15) is 0 Å². The molecule has 0 radical (unpaired) electrons. The standard InChI is InChI=1S/C10H19N3O2/c1-3-4-5-13-7-9(11-12-13)6-10(14)8-15-2/h7,10,14H,3-6,8H2,1-2H3/t10-/m0/s1. The third kappa shape index (κ3) is 4.40. The van der Waals surface area contributed by atoms with Gasteiger partial charge in [-0.15, -0.1) is 5.10 Å². The van der Waals surface area contributed by atoms with Gasteiger partial charge < -0.3 is 9.84 Å². The maximum atomic E-state index is 9.49. The summed E-state index contributed by atoms with van der Waals surface area (Å²) in [7, 11) is 1.57. The third-order valence-corrected chi connectivity index (χ3v) is 2.13. The van der Waals surface area contributed by atoms with Crippen LogP contribution in [0.2, 0.25) is 0 Å². The molecule has 5 nitrogen and oxygen atoms in total. The van der Waals surface area contributed by atoms with Crippen molar-refractivity contribution in [2.75, 3.05) is 13.7 Å². The van der Waals surface area contributed by atoms with Crippen LogP contribution in [0, 0.1) is 0 Å². The molecule has 0 fully saturated rings. The Hall–Kier alpha value is -0.940. The summed E-state index contributed by atoms with van der Waals surface area (Å²) in [6.07, 6.45) is 4.13. The van der Waals surface area contributed by atoms with Gasteiger partial charge in [-0.05, 0) is 6.42 Å². The summed E-state index contributed by atoms with van der Waals surface area (Å²) in [5, 5.41) is 17.5. The third-order valence-electron chi connectivity index (χ3n) is 2.13. The van der Waals surface area contributed by atoms with Gasteiger partial charge in [0, 0.05) is 26.3 Å². The highest BCUT2D eigenvalue weighted by molar-refractivity contribution is 4.94. The van der Waals surface area contributed by atoms with Gasteiger partial charge in [-0.3, -0.25) is 4.68 Å². The van der Waals surface area contributed by atoms with E-state index in [-0.39, 0.29) is 0 Å². The molecule has 15 heavy (non-hydrogen) atoms. The molecule has 86 valence electrons. The monoisotopic (exact) mass is 213 g/mol. The fourth-order valence-corrected chi connectivity index (χ4v) is 1.35. The Morgan fingerprint density at radius 2 is 2.40 bits per heavy atom. The number of nitrogens with zero attached hydrogens (tertiary/aromatic N) is 3. The average molecular weight is 213 g/mol. The molecule has 0 bridgehead atoms. The van der Waals surface area contributed by atoms with Crippen LogP contribution in [0.3, 0.4) is 0 Å². The Morgan fingerprint density at radius 3 is 3.07 bits per heavy atom. The summed E-state index contributed by atoms with van der Waals surface area (Å²) >= 11 is 0. The fourth-order valence-electron chi connectivity index (χ4n) is 1.35. The van der Waals surface area contributed by atoms with Crippen LogP contribution in [-0.2, 0) is 17.7 Å². The molecule has 0 aliphatic rings. The summed E-state index contributed by atoms with van der Waals surface area (Å²) in [4.78, 5) is 0. The Morgan fingerprint density at radius 1 is 1.60 bits per heavy atom. The van der Waals surface area contributed by atoms with E-state index in [2.05, 4.69) is 17.2 Å². The van der Waals surface area contributed by atoms with Crippen molar-refractivity contribution in [3.8, 4) is 0 Å². The van der Waals surface area contributed by atoms with Gasteiger partial charge >= 0.3 is 0 Å². The van der Waals surface area contributed by atoms with Crippen LogP contribution in [-0.4, -0.2) is 39.9 Å². The summed E-state index contributed by atoms with van der Waals surface area (Å²) in [6, 6.07) is 0. The largest absolute Gasteiger partial charge is 0.390 e. The van der Waals surface area contributed by atoms with E-state index < -0.39 is 6.10 Å². The lowest BCUT2D eigenvalue weighted by Crippen LogP contribution is -2.17. The summed E-state index contributed by atoms with van der Waals surface area (Å²) in [5.41, 5.74) is 0.815. The summed E-state index contributed by atoms with van der Waals surface area (Å²) in [6.45, 7) is 3.37. The van der Waals surface area contributed by atoms with E-state index >= 15 is 0 Å². The number of aromatic nitrogens is 3. The second kappa shape index (κ2) is 6.53. The molecular weight excluding hydrogens is 194 g/mol. The quantitative estimate of drug-likeness (QED) is 0.721. The van der Waals surface area contributed by atoms with E-state index in [9.17, 15) is 5.11 Å². The Kier molecular flexibility index (Phi) is 5.28. The molecule has 1 rings (SSSR count). The summed E-state index contributed by atoms with van der Waals surface area (Å²) in [5.74, 6) is 0. The fraction of sp³-hybridized carbons (Fsp3) is 0.800. The van der Waals surface area contributed by atoms with E-state index in [1.54, 1.807) is 7.11 Å². The van der Waals surface area contributed by atoms with Gasteiger partial charge in [-0.25, -0.2) is 0 Å². The number of unbranched alkanes of at least 4 members (excludes halogenated alkanes) is 1. The van der Waals surface area contributed by atoms with Crippen molar-refractivity contribution < 1.29 is 9.84 Å². The lowest BCUT2D eigenvalue weighted by atomic mass is 10.2. The molecule has 1 atom stereocenters. The molecule has 1 aromatic rings. The predicted molar refractivity (Wildman–Crippen MR) is 56.5 cm³/mol. The number of methoxy groups -OCH3 is 1. The summed E-state index contributed by atoms with van der Waals surface area (Å²) < 4.78 is 6.66. The molecule has 0 aliphatic carbocycles. The number of ether oxygens (including phenoxy) is 1. The Labute approximate surface area is 90.1 Å². The molecule has 1 heterocycles. The van der Waals surface area contributed by atoms with Gasteiger partial charge in [0.15, 0.2) is 0 Å². The highest BCUT2D eigenvalue weighted by Gasteiger charge is 2.08. The highest BCUT2D eigenvalue weighted by atomic mass is 16.5. The molecule has 0 saturated heterocycles. The van der Waals surface area contributed by atoms with Crippen LogP contribution in [0.4, 0.5) is 0 Å². The van der Waals surface area contributed by atoms with E-state index in [0.717, 1.165) is 25.1 Å². The first-order chi connectivity index (χ1) is 7.26. The van der Waals surface area contributed by atoms with Gasteiger partial charge in [0.2, 0.25) is 0 Å². The first kappa shape index (κ1) is 12.1. The van der Waals surface area contributed by atoms with Crippen molar-refractivity contribution in [2.45, 2.75) is 38.8 Å². The zero-order valence-electron chi connectivity index (χ0n) is 9.39. The van der Waals surface area contributed by atoms with Gasteiger partial charge in [0.1, 0.15) is 0 Å². The molecule has 1 aromatic heterocycles. The molecule has 0 saturated carbocycles.